The van der Waals surface area contributed by atoms with E-state index >= 15 is 8.78 Å². The third-order valence-electron chi connectivity index (χ3n) is 14.3. The van der Waals surface area contributed by atoms with Gasteiger partial charge >= 0.3 is 15.0 Å². The summed E-state index contributed by atoms with van der Waals surface area (Å²) in [7, 11) is -0.399. The van der Waals surface area contributed by atoms with Crippen LogP contribution in [0.25, 0.3) is 22.3 Å². The Morgan fingerprint density at radius 1 is 0.667 bits per heavy atom. The van der Waals surface area contributed by atoms with Crippen molar-refractivity contribution in [2.24, 2.45) is 0 Å². The van der Waals surface area contributed by atoms with Gasteiger partial charge in [0.2, 0.25) is 0 Å². The largest absolute Gasteiger partial charge is 0.695 e. The molecule has 2 aliphatic heterocycles. The van der Waals surface area contributed by atoms with Crippen molar-refractivity contribution in [1.29, 1.82) is 5.26 Å². The van der Waals surface area contributed by atoms with Gasteiger partial charge in [-0.2, -0.15) is 5.26 Å². The fourth-order valence-corrected chi connectivity index (χ4v) is 12.7. The molecule has 9 aromatic rings. The molecule has 3 N–H and O–H groups in total. The molecule has 87 heavy (non-hydrogen) atoms. The zero-order chi connectivity index (χ0) is 60.7. The molecule has 29 heteroatoms. The average Bonchev–Trinajstić information content (AvgIpc) is 2.00. The second kappa shape index (κ2) is 26.6. The summed E-state index contributed by atoms with van der Waals surface area (Å²) in [6.45, 7) is -6.05. The van der Waals surface area contributed by atoms with Crippen LogP contribution in [0.15, 0.2) is 165 Å². The fourth-order valence-electron chi connectivity index (χ4n) is 10.2. The van der Waals surface area contributed by atoms with Crippen molar-refractivity contribution in [3.8, 4) is 17.6 Å². The molecule has 11 rings (SSSR count). The Labute approximate surface area is 500 Å². The normalized spacial score (nSPS) is 21.0. The molecule has 2 saturated heterocycles. The summed E-state index contributed by atoms with van der Waals surface area (Å²) >= 11 is 6.06. The number of benzene rings is 5. The maximum atomic E-state index is 18.2. The van der Waals surface area contributed by atoms with Gasteiger partial charge in [-0.1, -0.05) is 91.0 Å². The third-order valence-corrected chi connectivity index (χ3v) is 17.1. The number of nitrogens with zero attached hydrogens (tertiary/aromatic N) is 9. The minimum absolute atomic E-state index is 0.00148. The van der Waals surface area contributed by atoms with Crippen LogP contribution >= 0.6 is 15.0 Å². The van der Waals surface area contributed by atoms with Crippen molar-refractivity contribution in [2.75, 3.05) is 44.7 Å². The second-order valence-corrected chi connectivity index (χ2v) is 23.1. The number of anilines is 2. The Bertz CT molecular complexity index is 3950. The van der Waals surface area contributed by atoms with Crippen LogP contribution in [-0.2, 0) is 54.3 Å². The van der Waals surface area contributed by atoms with E-state index in [0.29, 0.717) is 39.3 Å². The van der Waals surface area contributed by atoms with Crippen molar-refractivity contribution < 1.29 is 69.6 Å². The Morgan fingerprint density at radius 2 is 1.13 bits per heavy atom. The standard InChI is InChI=1S/C58H51F2N11O13P2S/c1-76-40-23-19-38(20-24-40)58(37-17-10-5-11-18-37,39-21-25-41(77-2)26-22-39)78-29-42-49(45(60)57(81-42)71-34-67-47-51(63-32-65-53(47)71)69-55(73)36-15-8-4-9-16-36)84-86(87,79-28-12-27-61)80-30-43-48(83-85(74)75)44(59)56(82-43)70-33-66-46-50(62-31-64-52(46)70)68-54(72)35-13-6-3-7-14-35/h3-11,13-26,31-34,42-45,48-49,56-57H,12,28-30H2,1-2H3,(H2-,62,63,64,65,68,69,72,73,74,75)/p+1/t42-,43-,44-,45-,48-,49-,56-,57-,86?/m1/s1. The Morgan fingerprint density at radius 3 is 1.60 bits per heavy atom. The maximum Gasteiger partial charge on any atom is 0.695 e. The molecule has 0 saturated carbocycles. The van der Waals surface area contributed by atoms with Gasteiger partial charge in [0, 0.05) is 15.7 Å². The summed E-state index contributed by atoms with van der Waals surface area (Å²) < 4.78 is 105. The number of nitriles is 1. The van der Waals surface area contributed by atoms with Crippen LogP contribution in [-0.4, -0.2) is 127 Å². The summed E-state index contributed by atoms with van der Waals surface area (Å²) in [5.74, 6) is 0.111. The third kappa shape index (κ3) is 12.7. The van der Waals surface area contributed by atoms with Crippen molar-refractivity contribution in [1.82, 2.24) is 39.0 Å². The number of halogens is 2. The van der Waals surface area contributed by atoms with Crippen LogP contribution in [0, 0.1) is 11.3 Å². The molecule has 2 unspecified atom stereocenters. The number of hydrogen-bond donors (Lipinski definition) is 3. The number of carbonyl (C=O) groups is 2. The van der Waals surface area contributed by atoms with Gasteiger partial charge in [0.25, 0.3) is 11.8 Å². The van der Waals surface area contributed by atoms with E-state index in [1.165, 1.54) is 42.3 Å². The quantitative estimate of drug-likeness (QED) is 0.0288. The number of hydrogen-bond acceptors (Lipinski definition) is 20. The molecular weight excluding hydrogens is 1190 g/mol. The smallest absolute Gasteiger partial charge is 0.497 e. The minimum atomic E-state index is -4.42. The van der Waals surface area contributed by atoms with Gasteiger partial charge in [0.1, 0.15) is 48.1 Å². The molecule has 0 radical (unpaired) electrons. The molecule has 2 aliphatic rings. The summed E-state index contributed by atoms with van der Waals surface area (Å²) in [6, 6.07) is 42.3. The second-order valence-electron chi connectivity index (χ2n) is 19.4. The van der Waals surface area contributed by atoms with E-state index < -0.39 is 101 Å². The number of aromatic nitrogens is 8. The van der Waals surface area contributed by atoms with Gasteiger partial charge in [-0.05, 0) is 77.0 Å². The van der Waals surface area contributed by atoms with E-state index in [0.717, 1.165) is 6.33 Å². The number of amides is 2. The Balaban J connectivity index is 0.938. The highest BCUT2D eigenvalue weighted by Gasteiger charge is 2.55. The topological polar surface area (TPSA) is 290 Å². The predicted molar refractivity (Wildman–Crippen MR) is 311 cm³/mol. The van der Waals surface area contributed by atoms with Gasteiger partial charge in [-0.3, -0.25) is 23.2 Å². The molecule has 2 amide bonds. The van der Waals surface area contributed by atoms with Crippen LogP contribution in [0.5, 0.6) is 11.5 Å². The van der Waals surface area contributed by atoms with E-state index in [9.17, 15) is 24.3 Å². The van der Waals surface area contributed by atoms with Gasteiger partial charge < -0.3 is 43.4 Å². The monoisotopic (exact) mass is 1240 g/mol. The first-order valence-electron chi connectivity index (χ1n) is 26.7. The molecule has 4 aromatic heterocycles. The highest BCUT2D eigenvalue weighted by atomic mass is 32.5. The van der Waals surface area contributed by atoms with Gasteiger partial charge in [0.15, 0.2) is 64.9 Å². The maximum absolute atomic E-state index is 18.2. The lowest BCUT2D eigenvalue weighted by molar-refractivity contribution is -0.0932. The Kier molecular flexibility index (Phi) is 18.4. The number of nitrogens with one attached hydrogen (secondary N) is 2. The molecule has 5 aromatic carbocycles. The highest BCUT2D eigenvalue weighted by molar-refractivity contribution is 8.07. The minimum Gasteiger partial charge on any atom is -0.497 e. The average molecular weight is 1240 g/mol. The molecule has 6 heterocycles. The molecule has 10 atom stereocenters. The first-order valence-corrected chi connectivity index (χ1v) is 30.4. The fraction of sp³-hybridized carbons (Fsp3) is 0.259. The summed E-state index contributed by atoms with van der Waals surface area (Å²) in [4.78, 5) is 62.5. The van der Waals surface area contributed by atoms with Crippen molar-refractivity contribution in [3.63, 3.8) is 0 Å². The Hall–Kier alpha value is -8.48. The van der Waals surface area contributed by atoms with Crippen molar-refractivity contribution in [3.05, 3.63) is 193 Å². The zero-order valence-corrected chi connectivity index (χ0v) is 48.6. The van der Waals surface area contributed by atoms with E-state index in [2.05, 4.69) is 40.5 Å². The summed E-state index contributed by atoms with van der Waals surface area (Å²) in [6.07, 6.45) is -9.82. The van der Waals surface area contributed by atoms with Crippen LogP contribution < -0.4 is 20.1 Å². The van der Waals surface area contributed by atoms with Gasteiger partial charge in [0.05, 0.1) is 59.2 Å². The molecule has 0 spiro atoms. The molecule has 0 bridgehead atoms. The number of carbonyl (C=O) groups excluding carboxylic acids is 2. The van der Waals surface area contributed by atoms with E-state index in [4.69, 9.17) is 53.6 Å². The number of fused-ring (bicyclic) bond motifs is 2. The summed E-state index contributed by atoms with van der Waals surface area (Å²) in [5, 5.41) is 15.1. The number of ether oxygens (including phenoxy) is 5. The van der Waals surface area contributed by atoms with Crippen LogP contribution in [0.3, 0.4) is 0 Å². The van der Waals surface area contributed by atoms with Crippen LogP contribution in [0.2, 0.25) is 0 Å². The lowest BCUT2D eigenvalue weighted by atomic mass is 9.80. The number of alkyl halides is 2. The van der Waals surface area contributed by atoms with Gasteiger partial charge in [-0.25, -0.2) is 38.7 Å². The first-order chi connectivity index (χ1) is 42.3. The first kappa shape index (κ1) is 60.2. The van der Waals surface area contributed by atoms with E-state index in [1.54, 1.807) is 84.9 Å². The molecule has 0 aliphatic carbocycles. The molecule has 2 fully saturated rings. The van der Waals surface area contributed by atoms with Crippen molar-refractivity contribution >= 4 is 72.6 Å². The van der Waals surface area contributed by atoms with E-state index in [1.807, 2.05) is 60.7 Å². The summed E-state index contributed by atoms with van der Waals surface area (Å²) in [5.41, 5.74) is 1.24. The lowest BCUT2D eigenvalue weighted by Gasteiger charge is -2.37. The SMILES string of the molecule is COc1ccc(C(OC[C@H]2O[C@@H](n3cnc4c(NC(=O)c5ccccc5)ncnc43)[C@H](F)[C@@H]2OP(=S)(OCCC#N)OC[C@H]2O[C@@H](n3cnc4c(NC(=O)c5ccccc5)ncnc43)[C@H](F)[C@@H]2O[P+](=O)O)(c2ccccc2)c2ccc(OC)cc2)cc1. The lowest BCUT2D eigenvalue weighted by Crippen LogP contribution is -2.40. The van der Waals surface area contributed by atoms with Crippen LogP contribution in [0.1, 0.15) is 56.3 Å². The van der Waals surface area contributed by atoms with E-state index in [-0.39, 0.29) is 40.4 Å². The predicted octanol–water partition coefficient (Wildman–Crippen LogP) is 9.26. The number of methoxy groups -OCH3 is 2. The number of rotatable bonds is 24. The number of imidazole rings is 2. The molecular formula is C58H52F2N11O13P2S+. The van der Waals surface area contributed by atoms with Crippen molar-refractivity contribution in [2.45, 2.75) is 61.2 Å². The highest BCUT2D eigenvalue weighted by Crippen LogP contribution is 2.56. The molecule has 24 nitrogen and oxygen atoms in total. The van der Waals surface area contributed by atoms with Gasteiger partial charge in [-0.15, -0.1) is 9.42 Å². The zero-order valence-electron chi connectivity index (χ0n) is 46.0. The molecule has 446 valence electrons. The van der Waals surface area contributed by atoms with Crippen LogP contribution in [0.4, 0.5) is 20.4 Å².